The highest BCUT2D eigenvalue weighted by Gasteiger charge is 1.97. The molecule has 3 aromatic rings. The van der Waals surface area contributed by atoms with Crippen LogP contribution in [0.3, 0.4) is 0 Å². The summed E-state index contributed by atoms with van der Waals surface area (Å²) in [6.45, 7) is 0. The van der Waals surface area contributed by atoms with Gasteiger partial charge in [0.1, 0.15) is 10.7 Å². The highest BCUT2D eigenvalue weighted by Crippen LogP contribution is 1.89. The number of nitrogens with one attached hydrogen (secondary N) is 4. The van der Waals surface area contributed by atoms with Crippen LogP contribution in [-0.4, -0.2) is 29.9 Å². The van der Waals surface area contributed by atoms with Crippen LogP contribution in [-0.2, 0) is 0 Å². The van der Waals surface area contributed by atoms with E-state index in [0.29, 0.717) is 11.4 Å². The Morgan fingerprint density at radius 2 is 1.25 bits per heavy atom. The van der Waals surface area contributed by atoms with Gasteiger partial charge in [-0.05, 0) is 12.2 Å². The molecule has 0 aliphatic rings. The highest BCUT2D eigenvalue weighted by molar-refractivity contribution is 5.42. The van der Waals surface area contributed by atoms with Crippen molar-refractivity contribution in [3.05, 3.63) is 67.8 Å². The molecule has 0 aromatic carbocycles. The molecule has 0 atom stereocenters. The van der Waals surface area contributed by atoms with E-state index in [0.717, 1.165) is 0 Å². The van der Waals surface area contributed by atoms with E-state index >= 15 is 0 Å². The van der Waals surface area contributed by atoms with E-state index in [2.05, 4.69) is 29.9 Å². The van der Waals surface area contributed by atoms with Crippen LogP contribution in [0.2, 0.25) is 0 Å². The first kappa shape index (κ1) is 11.9. The molecule has 20 heavy (non-hydrogen) atoms. The van der Waals surface area contributed by atoms with Crippen molar-refractivity contribution in [1.29, 1.82) is 0 Å². The topological polar surface area (TPSA) is 123 Å². The number of H-pyrrole nitrogens is 4. The fourth-order valence-corrected chi connectivity index (χ4v) is 1.70. The van der Waals surface area contributed by atoms with Crippen LogP contribution in [0.15, 0.2) is 34.6 Å². The predicted molar refractivity (Wildman–Crippen MR) is 71.2 cm³/mol. The van der Waals surface area contributed by atoms with Gasteiger partial charge in [-0.3, -0.25) is 9.59 Å². The van der Waals surface area contributed by atoms with Crippen LogP contribution in [0.1, 0.15) is 11.4 Å². The van der Waals surface area contributed by atoms with E-state index in [4.69, 9.17) is 0 Å². The Morgan fingerprint density at radius 3 is 1.60 bits per heavy atom. The molecule has 3 heterocycles. The van der Waals surface area contributed by atoms with Gasteiger partial charge >= 0.3 is 0 Å². The summed E-state index contributed by atoms with van der Waals surface area (Å²) in [5, 5.41) is 0.307. The minimum Gasteiger partial charge on any atom is -0.345 e. The van der Waals surface area contributed by atoms with E-state index in [9.17, 15) is 9.59 Å². The smallest absolute Gasteiger partial charge is 0.272 e. The molecule has 0 saturated carbocycles. The lowest BCUT2D eigenvalue weighted by Gasteiger charge is -1.90. The standard InChI is InChI=1S/C12H10N6O2/c19-11-9(1-7-3-13-5-15-7)17-12(20)10(18-11)2-8-4-14-6-16-8/h1-6H,(H,13,15)(H,14,16)(H,17,20)(H,18,19)/b9-1+,10-2+. The summed E-state index contributed by atoms with van der Waals surface area (Å²) in [6.07, 6.45) is 9.07. The number of aromatic amines is 4. The van der Waals surface area contributed by atoms with Crippen LogP contribution in [0, 0.1) is 0 Å². The normalized spacial score (nSPS) is 13.0. The molecule has 0 radical (unpaired) electrons. The Kier molecular flexibility index (Phi) is 2.88. The van der Waals surface area contributed by atoms with Gasteiger partial charge in [0.2, 0.25) is 0 Å². The second kappa shape index (κ2) is 4.84. The monoisotopic (exact) mass is 270 g/mol. The van der Waals surface area contributed by atoms with Crippen LogP contribution in [0.25, 0.3) is 12.2 Å². The van der Waals surface area contributed by atoms with Gasteiger partial charge in [-0.1, -0.05) is 0 Å². The molecule has 0 spiro atoms. The summed E-state index contributed by atoms with van der Waals surface area (Å²) in [6, 6.07) is 0. The third-order valence-corrected chi connectivity index (χ3v) is 2.62. The molecule has 8 heteroatoms. The molecule has 8 nitrogen and oxygen atoms in total. The molecule has 0 bridgehead atoms. The Balaban J connectivity index is 2.18. The average molecular weight is 270 g/mol. The summed E-state index contributed by atoms with van der Waals surface area (Å²) < 4.78 is 0. The van der Waals surface area contributed by atoms with Crippen molar-refractivity contribution in [3.63, 3.8) is 0 Å². The van der Waals surface area contributed by atoms with Crippen LogP contribution in [0.5, 0.6) is 0 Å². The third kappa shape index (κ3) is 2.34. The maximum Gasteiger partial charge on any atom is 0.272 e. The quantitative estimate of drug-likeness (QED) is 0.437. The zero-order valence-corrected chi connectivity index (χ0v) is 10.2. The number of rotatable bonds is 2. The molecular formula is C12H10N6O2. The first-order valence-electron chi connectivity index (χ1n) is 5.75. The summed E-state index contributed by atoms with van der Waals surface area (Å²) >= 11 is 0. The molecule has 3 rings (SSSR count). The minimum atomic E-state index is -0.398. The van der Waals surface area contributed by atoms with Crippen molar-refractivity contribution in [2.45, 2.75) is 0 Å². The summed E-state index contributed by atoms with van der Waals surface area (Å²) in [4.78, 5) is 42.2. The maximum atomic E-state index is 11.9. The van der Waals surface area contributed by atoms with Gasteiger partial charge in [0, 0.05) is 0 Å². The molecular weight excluding hydrogens is 260 g/mol. The van der Waals surface area contributed by atoms with Crippen LogP contribution in [0.4, 0.5) is 0 Å². The zero-order valence-electron chi connectivity index (χ0n) is 10.2. The second-order valence-electron chi connectivity index (χ2n) is 4.04. The van der Waals surface area contributed by atoms with E-state index < -0.39 is 11.1 Å². The summed E-state index contributed by atoms with van der Waals surface area (Å²) in [7, 11) is 0. The average Bonchev–Trinajstić information content (AvgIpc) is 3.08. The lowest BCUT2D eigenvalue weighted by molar-refractivity contribution is 1.000. The minimum absolute atomic E-state index is 0.154. The van der Waals surface area contributed by atoms with Gasteiger partial charge in [0.25, 0.3) is 11.1 Å². The van der Waals surface area contributed by atoms with Crippen molar-refractivity contribution < 1.29 is 0 Å². The molecule has 4 N–H and O–H groups in total. The molecule has 0 saturated heterocycles. The van der Waals surface area contributed by atoms with Gasteiger partial charge in [0.05, 0.1) is 36.4 Å². The van der Waals surface area contributed by atoms with Crippen molar-refractivity contribution in [2.75, 3.05) is 0 Å². The molecule has 0 fully saturated rings. The van der Waals surface area contributed by atoms with Crippen molar-refractivity contribution in [2.24, 2.45) is 0 Å². The first-order valence-corrected chi connectivity index (χ1v) is 5.75. The Morgan fingerprint density at radius 1 is 0.800 bits per heavy atom. The number of hydrogen-bond acceptors (Lipinski definition) is 4. The lowest BCUT2D eigenvalue weighted by atomic mass is 10.4. The summed E-state index contributed by atoms with van der Waals surface area (Å²) in [5.74, 6) is 0. The third-order valence-electron chi connectivity index (χ3n) is 2.62. The van der Waals surface area contributed by atoms with Gasteiger partial charge in [-0.2, -0.15) is 0 Å². The number of hydrogen-bond donors (Lipinski definition) is 4. The van der Waals surface area contributed by atoms with Gasteiger partial charge in [-0.25, -0.2) is 9.97 Å². The van der Waals surface area contributed by atoms with E-state index in [1.165, 1.54) is 24.8 Å². The van der Waals surface area contributed by atoms with Gasteiger partial charge < -0.3 is 19.9 Å². The zero-order chi connectivity index (χ0) is 13.9. The van der Waals surface area contributed by atoms with Crippen LogP contribution >= 0.6 is 0 Å². The predicted octanol–water partition coefficient (Wildman–Crippen LogP) is -1.83. The lowest BCUT2D eigenvalue weighted by Crippen LogP contribution is -2.46. The summed E-state index contributed by atoms with van der Waals surface area (Å²) in [5.41, 5.74) is 0.447. The fourth-order valence-electron chi connectivity index (χ4n) is 1.70. The van der Waals surface area contributed by atoms with E-state index in [-0.39, 0.29) is 10.7 Å². The van der Waals surface area contributed by atoms with Gasteiger partial charge in [0.15, 0.2) is 0 Å². The number of nitrogens with zero attached hydrogens (tertiary/aromatic N) is 2. The van der Waals surface area contributed by atoms with E-state index in [1.54, 1.807) is 12.4 Å². The maximum absolute atomic E-state index is 11.9. The Hall–Kier alpha value is -3.16. The van der Waals surface area contributed by atoms with Crippen LogP contribution < -0.4 is 21.8 Å². The molecule has 3 aromatic heterocycles. The van der Waals surface area contributed by atoms with Crippen molar-refractivity contribution in [1.82, 2.24) is 29.9 Å². The number of imidazole rings is 2. The largest absolute Gasteiger partial charge is 0.345 e. The molecule has 100 valence electrons. The number of aromatic nitrogens is 6. The van der Waals surface area contributed by atoms with E-state index in [1.807, 2.05) is 0 Å². The SMILES string of the molecule is O=c1[nH]/c(=C/c2cnc[nH]2)c(=O)[nH]/c1=C/c1cnc[nH]1. The van der Waals surface area contributed by atoms with Crippen molar-refractivity contribution in [3.8, 4) is 0 Å². The Bertz CT molecular complexity index is 851. The second-order valence-corrected chi connectivity index (χ2v) is 4.04. The molecule has 0 unspecified atom stereocenters. The van der Waals surface area contributed by atoms with Crippen molar-refractivity contribution >= 4 is 12.2 Å². The molecule has 0 amide bonds. The Labute approximate surface area is 111 Å². The van der Waals surface area contributed by atoms with Gasteiger partial charge in [-0.15, -0.1) is 0 Å². The first-order chi connectivity index (χ1) is 9.72. The fraction of sp³-hybridized carbons (Fsp3) is 0. The highest BCUT2D eigenvalue weighted by atomic mass is 16.1. The molecule has 0 aliphatic heterocycles. The molecule has 0 aliphatic carbocycles.